The molecule has 0 atom stereocenters. The number of nitrogens with one attached hydrogen (secondary N) is 1. The van der Waals surface area contributed by atoms with Crippen molar-refractivity contribution in [1.82, 2.24) is 9.88 Å². The second-order valence-corrected chi connectivity index (χ2v) is 9.14. The Morgan fingerprint density at radius 1 is 1.21 bits per heavy atom. The molecular formula is C19H17Cl2N3O2S2. The number of thiazole rings is 1. The molecule has 3 rings (SSSR count). The smallest absolute Gasteiger partial charge is 0.243 e. The molecule has 2 aromatic heterocycles. The summed E-state index contributed by atoms with van der Waals surface area (Å²) in [6.45, 7) is 1.86. The molecule has 146 valence electrons. The van der Waals surface area contributed by atoms with Gasteiger partial charge in [-0.25, -0.2) is 4.98 Å². The highest BCUT2D eigenvalue weighted by Gasteiger charge is 2.19. The molecule has 0 aliphatic rings. The Labute approximate surface area is 180 Å². The van der Waals surface area contributed by atoms with Crippen molar-refractivity contribution in [3.8, 4) is 10.6 Å². The fraction of sp³-hybridized carbons (Fsp3) is 0.211. The van der Waals surface area contributed by atoms with E-state index in [1.165, 1.54) is 16.2 Å². The largest absolute Gasteiger partial charge is 0.336 e. The number of amides is 2. The molecule has 2 heterocycles. The molecule has 0 aliphatic heterocycles. The normalized spacial score (nSPS) is 10.7. The molecule has 0 aliphatic carbocycles. The predicted octanol–water partition coefficient (Wildman–Crippen LogP) is 5.13. The minimum absolute atomic E-state index is 0.0643. The fourth-order valence-electron chi connectivity index (χ4n) is 2.55. The summed E-state index contributed by atoms with van der Waals surface area (Å²) in [5.74, 6) is -0.459. The summed E-state index contributed by atoms with van der Waals surface area (Å²) in [6.07, 6.45) is 0.204. The van der Waals surface area contributed by atoms with Crippen LogP contribution in [0.2, 0.25) is 10.0 Å². The number of rotatable bonds is 6. The molecule has 28 heavy (non-hydrogen) atoms. The second-order valence-electron chi connectivity index (χ2n) is 6.09. The minimum atomic E-state index is -0.312. The number of thiophene rings is 1. The Balaban J connectivity index is 1.62. The highest BCUT2D eigenvalue weighted by atomic mass is 35.5. The molecule has 0 saturated carbocycles. The fourth-order valence-corrected chi connectivity index (χ4v) is 4.59. The van der Waals surface area contributed by atoms with Gasteiger partial charge < -0.3 is 10.2 Å². The molecule has 0 fully saturated rings. The number of aryl methyl sites for hydroxylation is 1. The third-order valence-electron chi connectivity index (χ3n) is 3.88. The molecule has 1 aromatic carbocycles. The summed E-state index contributed by atoms with van der Waals surface area (Å²) in [6, 6.07) is 8.77. The Morgan fingerprint density at radius 2 is 2.00 bits per heavy atom. The number of hydrogen-bond acceptors (Lipinski definition) is 5. The van der Waals surface area contributed by atoms with Gasteiger partial charge in [-0.15, -0.1) is 22.7 Å². The van der Waals surface area contributed by atoms with E-state index in [-0.39, 0.29) is 24.8 Å². The Bertz CT molecular complexity index is 1000. The summed E-state index contributed by atoms with van der Waals surface area (Å²) in [7, 11) is 1.61. The first-order chi connectivity index (χ1) is 13.3. The Kier molecular flexibility index (Phi) is 6.72. The van der Waals surface area contributed by atoms with Gasteiger partial charge in [-0.2, -0.15) is 0 Å². The molecule has 0 unspecified atom stereocenters. The van der Waals surface area contributed by atoms with Gasteiger partial charge in [0.1, 0.15) is 0 Å². The molecule has 9 heteroatoms. The summed E-state index contributed by atoms with van der Waals surface area (Å²) in [5.41, 5.74) is 1.37. The maximum Gasteiger partial charge on any atom is 0.243 e. The molecule has 0 spiro atoms. The van der Waals surface area contributed by atoms with Crippen LogP contribution < -0.4 is 5.32 Å². The molecule has 0 bridgehead atoms. The van der Waals surface area contributed by atoms with Gasteiger partial charge in [0, 0.05) is 17.6 Å². The van der Waals surface area contributed by atoms with E-state index in [9.17, 15) is 9.59 Å². The first-order valence-electron chi connectivity index (χ1n) is 8.32. The molecule has 5 nitrogen and oxygen atoms in total. The summed E-state index contributed by atoms with van der Waals surface area (Å²) in [5, 5.41) is 6.37. The lowest BCUT2D eigenvalue weighted by Gasteiger charge is -2.17. The van der Waals surface area contributed by atoms with Gasteiger partial charge in [0.05, 0.1) is 38.6 Å². The van der Waals surface area contributed by atoms with Gasteiger partial charge in [-0.05, 0) is 36.6 Å². The van der Waals surface area contributed by atoms with Crippen molar-refractivity contribution < 1.29 is 9.59 Å². The van der Waals surface area contributed by atoms with E-state index in [0.29, 0.717) is 15.7 Å². The van der Waals surface area contributed by atoms with Gasteiger partial charge in [-0.3, -0.25) is 9.59 Å². The van der Waals surface area contributed by atoms with Crippen LogP contribution in [0.5, 0.6) is 0 Å². The van der Waals surface area contributed by atoms with Crippen LogP contribution in [0.1, 0.15) is 9.88 Å². The van der Waals surface area contributed by atoms with E-state index in [1.807, 2.05) is 24.4 Å². The van der Waals surface area contributed by atoms with E-state index in [0.717, 1.165) is 20.5 Å². The van der Waals surface area contributed by atoms with Crippen LogP contribution in [0, 0.1) is 6.92 Å². The summed E-state index contributed by atoms with van der Waals surface area (Å²) < 4.78 is 0. The summed E-state index contributed by atoms with van der Waals surface area (Å²) in [4.78, 5) is 32.8. The third kappa shape index (κ3) is 5.11. The predicted molar refractivity (Wildman–Crippen MR) is 117 cm³/mol. The quantitative estimate of drug-likeness (QED) is 0.562. The number of anilines is 1. The van der Waals surface area contributed by atoms with Crippen molar-refractivity contribution in [3.05, 3.63) is 55.6 Å². The number of carbonyl (C=O) groups is 2. The van der Waals surface area contributed by atoms with Crippen molar-refractivity contribution in [3.63, 3.8) is 0 Å². The van der Waals surface area contributed by atoms with Gasteiger partial charge >= 0.3 is 0 Å². The first kappa shape index (κ1) is 20.8. The number of aromatic nitrogens is 1. The van der Waals surface area contributed by atoms with Crippen LogP contribution in [0.25, 0.3) is 10.6 Å². The summed E-state index contributed by atoms with van der Waals surface area (Å²) >= 11 is 14.9. The number of benzene rings is 1. The minimum Gasteiger partial charge on any atom is -0.336 e. The second kappa shape index (κ2) is 9.05. The van der Waals surface area contributed by atoms with Crippen LogP contribution in [0.15, 0.2) is 35.7 Å². The maximum absolute atomic E-state index is 12.6. The zero-order chi connectivity index (χ0) is 20.3. The van der Waals surface area contributed by atoms with Crippen molar-refractivity contribution in [2.45, 2.75) is 13.3 Å². The maximum atomic E-state index is 12.6. The number of carbonyl (C=O) groups excluding carboxylic acids is 2. The number of likely N-dealkylation sites (N-methyl/N-ethyl adjacent to an activating group) is 1. The highest BCUT2D eigenvalue weighted by molar-refractivity contribution is 7.15. The van der Waals surface area contributed by atoms with Crippen molar-refractivity contribution in [2.24, 2.45) is 0 Å². The monoisotopic (exact) mass is 453 g/mol. The number of hydrogen-bond donors (Lipinski definition) is 1. The Hall–Kier alpha value is -1.93. The molecule has 2 amide bonds. The molecule has 3 aromatic rings. The van der Waals surface area contributed by atoms with Gasteiger partial charge in [-0.1, -0.05) is 29.3 Å². The molecule has 1 N–H and O–H groups in total. The van der Waals surface area contributed by atoms with Crippen LogP contribution >= 0.6 is 45.9 Å². The van der Waals surface area contributed by atoms with E-state index < -0.39 is 0 Å². The van der Waals surface area contributed by atoms with Crippen LogP contribution in [-0.2, 0) is 16.0 Å². The van der Waals surface area contributed by atoms with Crippen LogP contribution in [0.3, 0.4) is 0 Å². The van der Waals surface area contributed by atoms with Gasteiger partial charge in [0.2, 0.25) is 11.8 Å². The van der Waals surface area contributed by atoms with Crippen molar-refractivity contribution in [1.29, 1.82) is 0 Å². The van der Waals surface area contributed by atoms with Crippen molar-refractivity contribution >= 4 is 63.4 Å². The standard InChI is InChI=1S/C19H17Cl2N3O2S2/c1-11-22-19(15-4-3-7-27-15)16(28-11)9-18(26)24(2)10-17(25)23-12-5-6-13(20)14(21)8-12/h3-8H,9-10H2,1-2H3,(H,23,25). The van der Waals surface area contributed by atoms with E-state index in [2.05, 4.69) is 10.3 Å². The lowest BCUT2D eigenvalue weighted by atomic mass is 10.2. The zero-order valence-corrected chi connectivity index (χ0v) is 18.3. The van der Waals surface area contributed by atoms with E-state index >= 15 is 0 Å². The lowest BCUT2D eigenvalue weighted by Crippen LogP contribution is -2.35. The van der Waals surface area contributed by atoms with Gasteiger partial charge in [0.15, 0.2) is 0 Å². The first-order valence-corrected chi connectivity index (χ1v) is 10.8. The van der Waals surface area contributed by atoms with Gasteiger partial charge in [0.25, 0.3) is 0 Å². The lowest BCUT2D eigenvalue weighted by molar-refractivity contribution is -0.132. The molecule has 0 radical (unpaired) electrons. The zero-order valence-electron chi connectivity index (χ0n) is 15.2. The third-order valence-corrected chi connectivity index (χ3v) is 6.47. The topological polar surface area (TPSA) is 62.3 Å². The van der Waals surface area contributed by atoms with Crippen LogP contribution in [-0.4, -0.2) is 35.3 Å². The van der Waals surface area contributed by atoms with Crippen LogP contribution in [0.4, 0.5) is 5.69 Å². The average molecular weight is 454 g/mol. The average Bonchev–Trinajstić information content (AvgIpc) is 3.27. The van der Waals surface area contributed by atoms with E-state index in [4.69, 9.17) is 23.2 Å². The molecular weight excluding hydrogens is 437 g/mol. The highest BCUT2D eigenvalue weighted by Crippen LogP contribution is 2.31. The number of halogens is 2. The molecule has 0 saturated heterocycles. The number of nitrogens with zero attached hydrogens (tertiary/aromatic N) is 2. The SMILES string of the molecule is Cc1nc(-c2cccs2)c(CC(=O)N(C)CC(=O)Nc2ccc(Cl)c(Cl)c2)s1. The van der Waals surface area contributed by atoms with Crippen molar-refractivity contribution in [2.75, 3.05) is 18.9 Å². The Morgan fingerprint density at radius 3 is 2.68 bits per heavy atom. The van der Waals surface area contributed by atoms with E-state index in [1.54, 1.807) is 36.6 Å².